The van der Waals surface area contributed by atoms with Crippen molar-refractivity contribution in [3.8, 4) is 5.75 Å². The molecule has 0 aliphatic rings. The Labute approximate surface area is 141 Å². The molecule has 1 N–H and O–H groups in total. The van der Waals surface area contributed by atoms with E-state index in [1.807, 2.05) is 0 Å². The number of non-ortho nitro benzene ring substituents is 1. The highest BCUT2D eigenvalue weighted by molar-refractivity contribution is 6.32. The Morgan fingerprint density at radius 3 is 2.75 bits per heavy atom. The minimum Gasteiger partial charge on any atom is -0.495 e. The zero-order chi connectivity index (χ0) is 17.7. The molecule has 0 saturated heterocycles. The monoisotopic (exact) mass is 350 g/mol. The van der Waals surface area contributed by atoms with Crippen LogP contribution in [-0.2, 0) is 4.79 Å². The van der Waals surface area contributed by atoms with Gasteiger partial charge in [0.1, 0.15) is 11.6 Å². The van der Waals surface area contributed by atoms with Crippen molar-refractivity contribution < 1.29 is 18.8 Å². The molecule has 0 fully saturated rings. The van der Waals surface area contributed by atoms with Gasteiger partial charge in [-0.1, -0.05) is 17.7 Å². The van der Waals surface area contributed by atoms with Crippen molar-refractivity contribution in [2.24, 2.45) is 0 Å². The van der Waals surface area contributed by atoms with Crippen LogP contribution in [0.5, 0.6) is 5.75 Å². The standard InChI is InChI=1S/C16H12ClFN2O4/c1-24-15-7-5-10(20(22)23)9-14(15)19-16(21)8-6-11-12(17)3-2-4-13(11)18/h2-9H,1H3,(H,19,21)/b8-6-. The molecule has 0 bridgehead atoms. The van der Waals surface area contributed by atoms with Crippen LogP contribution in [0, 0.1) is 15.9 Å². The number of anilines is 1. The summed E-state index contributed by atoms with van der Waals surface area (Å²) in [7, 11) is 1.37. The fourth-order valence-electron chi connectivity index (χ4n) is 1.91. The third kappa shape index (κ3) is 4.08. The van der Waals surface area contributed by atoms with Crippen LogP contribution in [0.25, 0.3) is 6.08 Å². The van der Waals surface area contributed by atoms with Gasteiger partial charge in [0, 0.05) is 23.8 Å². The summed E-state index contributed by atoms with van der Waals surface area (Å²) in [5.74, 6) is -0.932. The Kier molecular flexibility index (Phi) is 5.49. The smallest absolute Gasteiger partial charge is 0.271 e. The average molecular weight is 351 g/mol. The van der Waals surface area contributed by atoms with Crippen LogP contribution in [0.15, 0.2) is 42.5 Å². The van der Waals surface area contributed by atoms with E-state index in [0.717, 1.165) is 6.08 Å². The number of amides is 1. The molecule has 0 saturated carbocycles. The van der Waals surface area contributed by atoms with Crippen LogP contribution in [0.3, 0.4) is 0 Å². The van der Waals surface area contributed by atoms with Gasteiger partial charge >= 0.3 is 0 Å². The van der Waals surface area contributed by atoms with Crippen molar-refractivity contribution in [1.82, 2.24) is 0 Å². The Morgan fingerprint density at radius 1 is 1.38 bits per heavy atom. The highest BCUT2D eigenvalue weighted by Crippen LogP contribution is 2.29. The summed E-state index contributed by atoms with van der Waals surface area (Å²) >= 11 is 5.86. The van der Waals surface area contributed by atoms with Crippen LogP contribution in [0.4, 0.5) is 15.8 Å². The predicted octanol–water partition coefficient (Wildman–Crippen LogP) is 4.05. The Bertz CT molecular complexity index is 803. The number of nitrogens with one attached hydrogen (secondary N) is 1. The second-order valence-electron chi connectivity index (χ2n) is 4.60. The quantitative estimate of drug-likeness (QED) is 0.501. The molecule has 0 aliphatic heterocycles. The maximum atomic E-state index is 13.6. The Balaban J connectivity index is 2.22. The highest BCUT2D eigenvalue weighted by Gasteiger charge is 2.13. The van der Waals surface area contributed by atoms with Crippen molar-refractivity contribution in [2.75, 3.05) is 12.4 Å². The van der Waals surface area contributed by atoms with Gasteiger partial charge in [-0.15, -0.1) is 0 Å². The normalized spacial score (nSPS) is 10.6. The van der Waals surface area contributed by atoms with Gasteiger partial charge in [0.2, 0.25) is 5.91 Å². The zero-order valence-electron chi connectivity index (χ0n) is 12.5. The lowest BCUT2D eigenvalue weighted by Crippen LogP contribution is -2.09. The first-order valence-corrected chi connectivity index (χ1v) is 7.05. The van der Waals surface area contributed by atoms with E-state index in [4.69, 9.17) is 16.3 Å². The number of nitrogens with zero attached hydrogens (tertiary/aromatic N) is 1. The molecule has 124 valence electrons. The lowest BCUT2D eigenvalue weighted by molar-refractivity contribution is -0.384. The fourth-order valence-corrected chi connectivity index (χ4v) is 2.14. The number of rotatable bonds is 5. The van der Waals surface area contributed by atoms with Crippen molar-refractivity contribution >= 4 is 35.0 Å². The molecule has 0 spiro atoms. The summed E-state index contributed by atoms with van der Waals surface area (Å²) in [5, 5.41) is 13.4. The molecule has 1 amide bonds. The number of ether oxygens (including phenoxy) is 1. The predicted molar refractivity (Wildman–Crippen MR) is 88.7 cm³/mol. The number of benzene rings is 2. The minimum absolute atomic E-state index is 0.0697. The highest BCUT2D eigenvalue weighted by atomic mass is 35.5. The number of nitro benzene ring substituents is 1. The number of halogens is 2. The van der Waals surface area contributed by atoms with Gasteiger partial charge in [-0.05, 0) is 24.3 Å². The van der Waals surface area contributed by atoms with Crippen molar-refractivity contribution in [2.45, 2.75) is 0 Å². The molecule has 0 radical (unpaired) electrons. The molecule has 0 unspecified atom stereocenters. The fraction of sp³-hybridized carbons (Fsp3) is 0.0625. The second-order valence-corrected chi connectivity index (χ2v) is 5.01. The number of nitro groups is 1. The van der Waals surface area contributed by atoms with E-state index in [1.165, 1.54) is 49.6 Å². The van der Waals surface area contributed by atoms with Gasteiger partial charge < -0.3 is 10.1 Å². The molecule has 2 aromatic rings. The first-order valence-electron chi connectivity index (χ1n) is 6.68. The van der Waals surface area contributed by atoms with Gasteiger partial charge in [0.25, 0.3) is 5.69 Å². The lowest BCUT2D eigenvalue weighted by Gasteiger charge is -2.08. The Hall–Kier alpha value is -2.93. The number of carbonyl (C=O) groups excluding carboxylic acids is 1. The Morgan fingerprint density at radius 2 is 2.12 bits per heavy atom. The summed E-state index contributed by atoms with van der Waals surface area (Å²) < 4.78 is 18.7. The van der Waals surface area contributed by atoms with E-state index >= 15 is 0 Å². The first-order chi connectivity index (χ1) is 11.4. The molecule has 8 heteroatoms. The third-order valence-corrected chi connectivity index (χ3v) is 3.38. The third-order valence-electron chi connectivity index (χ3n) is 3.05. The number of carbonyl (C=O) groups is 1. The molecule has 2 aromatic carbocycles. The summed E-state index contributed by atoms with van der Waals surface area (Å²) in [6.07, 6.45) is 2.29. The van der Waals surface area contributed by atoms with Crippen molar-refractivity contribution in [3.05, 3.63) is 69.0 Å². The summed E-state index contributed by atoms with van der Waals surface area (Å²) in [6, 6.07) is 7.94. The number of methoxy groups -OCH3 is 1. The van der Waals surface area contributed by atoms with Crippen LogP contribution in [-0.4, -0.2) is 17.9 Å². The average Bonchev–Trinajstić information content (AvgIpc) is 2.54. The topological polar surface area (TPSA) is 81.5 Å². The lowest BCUT2D eigenvalue weighted by atomic mass is 10.2. The van der Waals surface area contributed by atoms with Crippen LogP contribution in [0.2, 0.25) is 5.02 Å². The molecule has 0 heterocycles. The van der Waals surface area contributed by atoms with Crippen molar-refractivity contribution in [1.29, 1.82) is 0 Å². The molecule has 0 aliphatic carbocycles. The van der Waals surface area contributed by atoms with Gasteiger partial charge in [-0.2, -0.15) is 0 Å². The van der Waals surface area contributed by atoms with E-state index in [2.05, 4.69) is 5.32 Å². The largest absolute Gasteiger partial charge is 0.495 e. The van der Waals surface area contributed by atoms with Gasteiger partial charge in [-0.25, -0.2) is 4.39 Å². The minimum atomic E-state index is -0.617. The van der Waals surface area contributed by atoms with Crippen LogP contribution >= 0.6 is 11.6 Å². The van der Waals surface area contributed by atoms with Crippen molar-refractivity contribution in [3.63, 3.8) is 0 Å². The summed E-state index contributed by atoms with van der Waals surface area (Å²) in [5.41, 5.74) is -0.00599. The molecule has 0 aromatic heterocycles. The van der Waals surface area contributed by atoms with E-state index in [0.29, 0.717) is 0 Å². The molecular formula is C16H12ClFN2O4. The number of hydrogen-bond donors (Lipinski definition) is 1. The van der Waals surface area contributed by atoms with Crippen LogP contribution in [0.1, 0.15) is 5.56 Å². The van der Waals surface area contributed by atoms with E-state index in [9.17, 15) is 19.3 Å². The second kappa shape index (κ2) is 7.56. The molecule has 6 nitrogen and oxygen atoms in total. The first kappa shape index (κ1) is 17.4. The maximum absolute atomic E-state index is 13.6. The van der Waals surface area contributed by atoms with E-state index in [-0.39, 0.29) is 27.7 Å². The van der Waals surface area contributed by atoms with Crippen LogP contribution < -0.4 is 10.1 Å². The van der Waals surface area contributed by atoms with E-state index < -0.39 is 16.6 Å². The zero-order valence-corrected chi connectivity index (χ0v) is 13.2. The summed E-state index contributed by atoms with van der Waals surface area (Å²) in [4.78, 5) is 22.2. The van der Waals surface area contributed by atoms with E-state index in [1.54, 1.807) is 0 Å². The molecule has 0 atom stereocenters. The summed E-state index contributed by atoms with van der Waals surface area (Å²) in [6.45, 7) is 0. The SMILES string of the molecule is COc1ccc([N+](=O)[O-])cc1NC(=O)/C=C\c1c(F)cccc1Cl. The van der Waals surface area contributed by atoms with Gasteiger partial charge in [0.05, 0.1) is 22.7 Å². The maximum Gasteiger partial charge on any atom is 0.271 e. The van der Waals surface area contributed by atoms with Gasteiger partial charge in [-0.3, -0.25) is 14.9 Å². The van der Waals surface area contributed by atoms with Gasteiger partial charge in [0.15, 0.2) is 0 Å². The molecular weight excluding hydrogens is 339 g/mol. The molecule has 24 heavy (non-hydrogen) atoms. The number of hydrogen-bond acceptors (Lipinski definition) is 4. The molecule has 2 rings (SSSR count).